The Morgan fingerprint density at radius 1 is 1.52 bits per heavy atom. The third-order valence-corrected chi connectivity index (χ3v) is 8.76. The predicted octanol–water partition coefficient (Wildman–Crippen LogP) is 4.54. The van der Waals surface area contributed by atoms with Gasteiger partial charge >= 0.3 is 0 Å². The number of carbonyl (C=O) groups excluding carboxylic acids is 1. The number of likely N-dealkylation sites (N-methyl/N-ethyl adjacent to an activating group) is 1. The van der Waals surface area contributed by atoms with Crippen LogP contribution in [0.2, 0.25) is 0 Å². The van der Waals surface area contributed by atoms with Gasteiger partial charge in [-0.05, 0) is 48.6 Å². The van der Waals surface area contributed by atoms with Crippen LogP contribution in [0.25, 0.3) is 10.6 Å². The Balaban J connectivity index is 1.61. The molecule has 31 heavy (non-hydrogen) atoms. The molecule has 1 amide bonds. The topological polar surface area (TPSA) is 66.3 Å². The second kappa shape index (κ2) is 8.47. The number of rotatable bonds is 5. The molecule has 6 atom stereocenters. The summed E-state index contributed by atoms with van der Waals surface area (Å²) in [5, 5.41) is 12.6. The molecular weight excluding hydrogens is 406 g/mol. The number of thiazole rings is 1. The molecule has 0 aromatic carbocycles. The Labute approximate surface area is 189 Å². The van der Waals surface area contributed by atoms with Gasteiger partial charge in [0.2, 0.25) is 5.91 Å². The number of nitrogens with zero attached hydrogens (tertiary/aromatic N) is 3. The lowest BCUT2D eigenvalue weighted by molar-refractivity contribution is -0.143. The van der Waals surface area contributed by atoms with E-state index in [2.05, 4.69) is 31.5 Å². The van der Waals surface area contributed by atoms with E-state index >= 15 is 0 Å². The first kappa shape index (κ1) is 22.2. The van der Waals surface area contributed by atoms with Gasteiger partial charge < -0.3 is 10.0 Å². The van der Waals surface area contributed by atoms with Gasteiger partial charge in [-0.25, -0.2) is 4.98 Å². The molecule has 0 spiro atoms. The van der Waals surface area contributed by atoms with Crippen LogP contribution in [0.1, 0.15) is 50.1 Å². The molecule has 1 N–H and O–H groups in total. The van der Waals surface area contributed by atoms with Crippen LogP contribution < -0.4 is 0 Å². The second-order valence-electron chi connectivity index (χ2n) is 9.70. The molecule has 2 heterocycles. The van der Waals surface area contributed by atoms with Gasteiger partial charge in [-0.1, -0.05) is 26.8 Å². The second-order valence-corrected chi connectivity index (χ2v) is 10.8. The van der Waals surface area contributed by atoms with Crippen molar-refractivity contribution in [2.24, 2.45) is 23.2 Å². The average Bonchev–Trinajstić information content (AvgIpc) is 3.17. The molecular formula is C25H33N3O2S. The van der Waals surface area contributed by atoms with E-state index in [1.165, 1.54) is 4.88 Å². The molecule has 1 saturated carbocycles. The highest BCUT2D eigenvalue weighted by atomic mass is 32.1. The zero-order valence-corrected chi connectivity index (χ0v) is 19.7. The lowest BCUT2D eigenvalue weighted by atomic mass is 9.53. The van der Waals surface area contributed by atoms with Gasteiger partial charge in [0.15, 0.2) is 0 Å². The van der Waals surface area contributed by atoms with Crippen molar-refractivity contribution < 1.29 is 9.90 Å². The number of pyridine rings is 1. The number of aliphatic hydroxyl groups is 1. The van der Waals surface area contributed by atoms with Crippen LogP contribution in [-0.2, 0) is 11.2 Å². The molecule has 2 aromatic rings. The maximum atomic E-state index is 12.9. The quantitative estimate of drug-likeness (QED) is 0.695. The lowest BCUT2D eigenvalue weighted by Gasteiger charge is -2.53. The van der Waals surface area contributed by atoms with Gasteiger partial charge in [0, 0.05) is 48.3 Å². The van der Waals surface area contributed by atoms with E-state index < -0.39 is 6.10 Å². The van der Waals surface area contributed by atoms with Crippen molar-refractivity contribution in [1.82, 2.24) is 14.9 Å². The molecule has 0 bridgehead atoms. The summed E-state index contributed by atoms with van der Waals surface area (Å²) >= 11 is 1.77. The molecule has 2 aromatic heterocycles. The molecule has 5 nitrogen and oxygen atoms in total. The summed E-state index contributed by atoms with van der Waals surface area (Å²) in [6, 6.07) is 3.99. The number of hydrogen-bond acceptors (Lipinski definition) is 5. The van der Waals surface area contributed by atoms with Crippen molar-refractivity contribution in [3.63, 3.8) is 0 Å². The molecule has 1 fully saturated rings. The van der Waals surface area contributed by atoms with Crippen molar-refractivity contribution >= 4 is 17.2 Å². The number of aromatic nitrogens is 2. The summed E-state index contributed by atoms with van der Waals surface area (Å²) in [6.07, 6.45) is 7.71. The van der Waals surface area contributed by atoms with Crippen LogP contribution in [0, 0.1) is 23.2 Å². The van der Waals surface area contributed by atoms with Gasteiger partial charge in [-0.3, -0.25) is 9.78 Å². The van der Waals surface area contributed by atoms with Gasteiger partial charge in [0.05, 0.1) is 11.8 Å². The lowest BCUT2D eigenvalue weighted by Crippen LogP contribution is -2.53. The van der Waals surface area contributed by atoms with Crippen LogP contribution in [0.5, 0.6) is 0 Å². The predicted molar refractivity (Wildman–Crippen MR) is 125 cm³/mol. The fourth-order valence-corrected chi connectivity index (χ4v) is 7.33. The summed E-state index contributed by atoms with van der Waals surface area (Å²) in [5.41, 5.74) is 2.19. The average molecular weight is 440 g/mol. The summed E-state index contributed by atoms with van der Waals surface area (Å²) < 4.78 is 0. The Morgan fingerprint density at radius 3 is 2.97 bits per heavy atom. The number of amides is 1. The van der Waals surface area contributed by atoms with Crippen molar-refractivity contribution in [2.45, 2.75) is 52.1 Å². The van der Waals surface area contributed by atoms with E-state index in [-0.39, 0.29) is 35.0 Å². The molecule has 0 unspecified atom stereocenters. The Morgan fingerprint density at radius 2 is 2.29 bits per heavy atom. The highest BCUT2D eigenvalue weighted by Crippen LogP contribution is 2.57. The maximum Gasteiger partial charge on any atom is 0.225 e. The first-order valence-electron chi connectivity index (χ1n) is 11.2. The fraction of sp³-hybridized carbons (Fsp3) is 0.560. The Hall–Kier alpha value is -2.05. The zero-order valence-electron chi connectivity index (χ0n) is 18.9. The monoisotopic (exact) mass is 439 g/mol. The number of aliphatic hydroxyl groups excluding tert-OH is 1. The van der Waals surface area contributed by atoms with Crippen LogP contribution in [-0.4, -0.2) is 45.6 Å². The molecule has 6 heteroatoms. The SMILES string of the molecule is C=CCN(C)C(=O)[C@@H](C)[C@@H]1CC[C@@]2(C)Cc3sc(-c4cccnc4)nc3[C@@H](C)[C@@H]2[C@H]1O. The van der Waals surface area contributed by atoms with E-state index in [9.17, 15) is 9.90 Å². The molecule has 0 radical (unpaired) electrons. The highest BCUT2D eigenvalue weighted by molar-refractivity contribution is 7.15. The third-order valence-electron chi connectivity index (χ3n) is 7.64. The van der Waals surface area contributed by atoms with Gasteiger partial charge in [-0.15, -0.1) is 17.9 Å². The zero-order chi connectivity index (χ0) is 22.3. The minimum absolute atomic E-state index is 0.0247. The van der Waals surface area contributed by atoms with Crippen LogP contribution in [0.15, 0.2) is 37.2 Å². The number of fused-ring (bicyclic) bond motifs is 2. The van der Waals surface area contributed by atoms with E-state index in [0.29, 0.717) is 6.54 Å². The molecule has 2 aliphatic carbocycles. The Kier molecular flexibility index (Phi) is 6.05. The summed E-state index contributed by atoms with van der Waals surface area (Å²) in [7, 11) is 1.81. The molecule has 2 aliphatic rings. The van der Waals surface area contributed by atoms with E-state index in [0.717, 1.165) is 35.5 Å². The van der Waals surface area contributed by atoms with Gasteiger partial charge in [-0.2, -0.15) is 0 Å². The number of hydrogen-bond donors (Lipinski definition) is 1. The van der Waals surface area contributed by atoms with Gasteiger partial charge in [0.1, 0.15) is 5.01 Å². The molecule has 4 rings (SSSR count). The largest absolute Gasteiger partial charge is 0.392 e. The first-order chi connectivity index (χ1) is 14.8. The third kappa shape index (κ3) is 3.85. The highest BCUT2D eigenvalue weighted by Gasteiger charge is 2.54. The summed E-state index contributed by atoms with van der Waals surface area (Å²) in [6.45, 7) is 10.8. The minimum Gasteiger partial charge on any atom is -0.392 e. The molecule has 166 valence electrons. The standard InChI is InChI=1S/C25H33N3O2S/c1-6-12-28(5)24(30)15(2)18-9-10-25(4)13-19-21(16(3)20(25)22(18)29)27-23(31-19)17-8-7-11-26-14-17/h6-8,11,14-16,18,20,22,29H,1,9-10,12-13H2,2-5H3/t15-,16-,18-,20+,22-,25-/m0/s1. The van der Waals surface area contributed by atoms with Gasteiger partial charge in [0.25, 0.3) is 0 Å². The van der Waals surface area contributed by atoms with Crippen LogP contribution in [0.4, 0.5) is 0 Å². The van der Waals surface area contributed by atoms with Crippen molar-refractivity contribution in [1.29, 1.82) is 0 Å². The smallest absolute Gasteiger partial charge is 0.225 e. The fourth-order valence-electron chi connectivity index (χ4n) is 5.97. The molecule has 0 saturated heterocycles. The normalized spacial score (nSPS) is 30.7. The van der Waals surface area contributed by atoms with E-state index in [4.69, 9.17) is 4.98 Å². The van der Waals surface area contributed by atoms with E-state index in [1.807, 2.05) is 26.2 Å². The summed E-state index contributed by atoms with van der Waals surface area (Å²) in [5.74, 6) is 0.103. The van der Waals surface area contributed by atoms with Crippen molar-refractivity contribution in [3.05, 3.63) is 47.8 Å². The molecule has 0 aliphatic heterocycles. The summed E-state index contributed by atoms with van der Waals surface area (Å²) in [4.78, 5) is 25.2. The van der Waals surface area contributed by atoms with E-state index in [1.54, 1.807) is 28.5 Å². The Bertz CT molecular complexity index is 959. The minimum atomic E-state index is -0.512. The van der Waals surface area contributed by atoms with Crippen LogP contribution in [0.3, 0.4) is 0 Å². The number of carbonyl (C=O) groups is 1. The van der Waals surface area contributed by atoms with Crippen molar-refractivity contribution in [2.75, 3.05) is 13.6 Å². The first-order valence-corrected chi connectivity index (χ1v) is 12.0. The van der Waals surface area contributed by atoms with Crippen molar-refractivity contribution in [3.8, 4) is 10.6 Å². The maximum absolute atomic E-state index is 12.9. The van der Waals surface area contributed by atoms with Crippen LogP contribution >= 0.6 is 11.3 Å².